The molecule has 0 amide bonds. The Balaban J connectivity index is 0.000000552. The summed E-state index contributed by atoms with van der Waals surface area (Å²) < 4.78 is 0. The average molecular weight is 374 g/mol. The Hall–Kier alpha value is -2.28. The summed E-state index contributed by atoms with van der Waals surface area (Å²) in [5.41, 5.74) is 7.96. The number of halogens is 1. The number of nitrogens with zero attached hydrogens (tertiary/aromatic N) is 3. The number of rotatable bonds is 3. The van der Waals surface area contributed by atoms with Crippen molar-refractivity contribution in [3.05, 3.63) is 47.6 Å². The van der Waals surface area contributed by atoms with Gasteiger partial charge < -0.3 is 16.2 Å². The first-order valence-corrected chi connectivity index (χ1v) is 8.69. The zero-order valence-corrected chi connectivity index (χ0v) is 16.2. The standard InChI is InChI=1S/C16H15ClN4O.C3H9N/c1-16(2,22)15-20-6-10(7-21-15)9-3-4-13-11(5-9)14(18)12(17)8-19-13;1-3-4-2/h3-8,22H,1-2H3,(H2,18,19);4H,3H2,1-2H3. The molecule has 138 valence electrons. The first kappa shape index (κ1) is 20.0. The summed E-state index contributed by atoms with van der Waals surface area (Å²) in [6.45, 7) is 6.43. The lowest BCUT2D eigenvalue weighted by Crippen LogP contribution is -2.19. The normalized spacial score (nSPS) is 11.2. The van der Waals surface area contributed by atoms with Crippen molar-refractivity contribution in [2.75, 3.05) is 19.3 Å². The van der Waals surface area contributed by atoms with Crippen LogP contribution >= 0.6 is 11.6 Å². The van der Waals surface area contributed by atoms with Crippen LogP contribution < -0.4 is 11.1 Å². The van der Waals surface area contributed by atoms with Gasteiger partial charge in [-0.25, -0.2) is 9.97 Å². The van der Waals surface area contributed by atoms with Crippen molar-refractivity contribution in [1.82, 2.24) is 20.3 Å². The minimum absolute atomic E-state index is 0.376. The molecule has 0 radical (unpaired) electrons. The molecule has 6 nitrogen and oxygen atoms in total. The smallest absolute Gasteiger partial charge is 0.159 e. The van der Waals surface area contributed by atoms with Crippen LogP contribution in [0.25, 0.3) is 22.0 Å². The lowest BCUT2D eigenvalue weighted by Gasteiger charge is -2.15. The molecule has 2 heterocycles. The number of nitrogens with two attached hydrogens (primary N) is 1. The number of aliphatic hydroxyl groups is 1. The maximum atomic E-state index is 9.89. The van der Waals surface area contributed by atoms with Crippen molar-refractivity contribution in [3.63, 3.8) is 0 Å². The van der Waals surface area contributed by atoms with Gasteiger partial charge in [-0.2, -0.15) is 0 Å². The van der Waals surface area contributed by atoms with Crippen LogP contribution in [-0.4, -0.2) is 33.7 Å². The minimum atomic E-state index is -1.07. The Morgan fingerprint density at radius 2 is 1.73 bits per heavy atom. The van der Waals surface area contributed by atoms with Gasteiger partial charge in [0.05, 0.1) is 16.2 Å². The Labute approximate surface area is 158 Å². The summed E-state index contributed by atoms with van der Waals surface area (Å²) in [7, 11) is 1.93. The largest absolute Gasteiger partial charge is 0.397 e. The third kappa shape index (κ3) is 4.66. The van der Waals surface area contributed by atoms with E-state index in [-0.39, 0.29) is 0 Å². The lowest BCUT2D eigenvalue weighted by molar-refractivity contribution is 0.0687. The van der Waals surface area contributed by atoms with Crippen molar-refractivity contribution in [2.24, 2.45) is 0 Å². The molecule has 0 fully saturated rings. The molecular weight excluding hydrogens is 350 g/mol. The Morgan fingerprint density at radius 1 is 1.12 bits per heavy atom. The van der Waals surface area contributed by atoms with Gasteiger partial charge in [-0.3, -0.25) is 4.98 Å². The second-order valence-electron chi connectivity index (χ2n) is 6.31. The topological polar surface area (TPSA) is 97.0 Å². The molecule has 3 rings (SSSR count). The van der Waals surface area contributed by atoms with E-state index in [0.717, 1.165) is 28.6 Å². The molecule has 0 bridgehead atoms. The van der Waals surface area contributed by atoms with E-state index >= 15 is 0 Å². The molecule has 0 atom stereocenters. The van der Waals surface area contributed by atoms with Crippen LogP contribution in [0.5, 0.6) is 0 Å². The van der Waals surface area contributed by atoms with Gasteiger partial charge in [0.2, 0.25) is 0 Å². The number of hydrogen-bond acceptors (Lipinski definition) is 6. The first-order chi connectivity index (χ1) is 12.3. The highest BCUT2D eigenvalue weighted by atomic mass is 35.5. The molecule has 1 aromatic carbocycles. The van der Waals surface area contributed by atoms with Crippen LogP contribution in [0.2, 0.25) is 5.02 Å². The Morgan fingerprint density at radius 3 is 2.27 bits per heavy atom. The monoisotopic (exact) mass is 373 g/mol. The number of hydrogen-bond donors (Lipinski definition) is 3. The van der Waals surface area contributed by atoms with E-state index in [1.54, 1.807) is 32.4 Å². The molecule has 0 saturated carbocycles. The van der Waals surface area contributed by atoms with Crippen molar-refractivity contribution >= 4 is 28.2 Å². The van der Waals surface area contributed by atoms with Gasteiger partial charge in [0, 0.05) is 29.5 Å². The fourth-order valence-corrected chi connectivity index (χ4v) is 2.31. The average Bonchev–Trinajstić information content (AvgIpc) is 2.64. The number of anilines is 1. The summed E-state index contributed by atoms with van der Waals surface area (Å²) in [5, 5.41) is 14.0. The highest BCUT2D eigenvalue weighted by molar-refractivity contribution is 6.34. The third-order valence-corrected chi connectivity index (χ3v) is 4.05. The predicted molar refractivity (Wildman–Crippen MR) is 107 cm³/mol. The molecule has 4 N–H and O–H groups in total. The number of fused-ring (bicyclic) bond motifs is 1. The van der Waals surface area contributed by atoms with E-state index in [0.29, 0.717) is 16.5 Å². The van der Waals surface area contributed by atoms with Crippen LogP contribution in [0.3, 0.4) is 0 Å². The van der Waals surface area contributed by atoms with E-state index in [2.05, 4.69) is 27.2 Å². The molecule has 0 saturated heterocycles. The highest BCUT2D eigenvalue weighted by Gasteiger charge is 2.19. The Kier molecular flexibility index (Phi) is 6.47. The SMILES string of the molecule is CC(C)(O)c1ncc(-c2ccc3ncc(Cl)c(N)c3c2)cn1.CCNC. The maximum absolute atomic E-state index is 9.89. The second kappa shape index (κ2) is 8.40. The Bertz CT molecular complexity index is 873. The number of benzene rings is 1. The van der Waals surface area contributed by atoms with Crippen molar-refractivity contribution < 1.29 is 5.11 Å². The van der Waals surface area contributed by atoms with Gasteiger partial charge in [0.1, 0.15) is 5.60 Å². The number of nitrogen functional groups attached to an aromatic ring is 1. The van der Waals surface area contributed by atoms with Crippen LogP contribution in [0.15, 0.2) is 36.8 Å². The molecule has 0 aliphatic heterocycles. The predicted octanol–water partition coefficient (Wildman–Crippen LogP) is 3.38. The lowest BCUT2D eigenvalue weighted by atomic mass is 10.0. The molecular formula is C19H24ClN5O. The van der Waals surface area contributed by atoms with E-state index in [1.807, 2.05) is 25.2 Å². The quantitative estimate of drug-likeness (QED) is 0.651. The van der Waals surface area contributed by atoms with Crippen molar-refractivity contribution in [2.45, 2.75) is 26.4 Å². The molecule has 3 aromatic rings. The van der Waals surface area contributed by atoms with Crippen LogP contribution in [-0.2, 0) is 5.60 Å². The van der Waals surface area contributed by atoms with Gasteiger partial charge in [-0.15, -0.1) is 0 Å². The van der Waals surface area contributed by atoms with Crippen molar-refractivity contribution in [1.29, 1.82) is 0 Å². The van der Waals surface area contributed by atoms with E-state index in [1.165, 1.54) is 0 Å². The van der Waals surface area contributed by atoms with Crippen LogP contribution in [0, 0.1) is 0 Å². The van der Waals surface area contributed by atoms with Gasteiger partial charge in [-0.05, 0) is 45.1 Å². The van der Waals surface area contributed by atoms with E-state index in [9.17, 15) is 5.11 Å². The van der Waals surface area contributed by atoms with Gasteiger partial charge in [-0.1, -0.05) is 24.6 Å². The number of aromatic nitrogens is 3. The molecule has 0 unspecified atom stereocenters. The van der Waals surface area contributed by atoms with Gasteiger partial charge in [0.15, 0.2) is 5.82 Å². The summed E-state index contributed by atoms with van der Waals surface area (Å²) in [6.07, 6.45) is 4.89. The first-order valence-electron chi connectivity index (χ1n) is 8.31. The van der Waals surface area contributed by atoms with Gasteiger partial charge in [0.25, 0.3) is 0 Å². The fourth-order valence-electron chi connectivity index (χ4n) is 2.16. The van der Waals surface area contributed by atoms with Crippen LogP contribution in [0.4, 0.5) is 5.69 Å². The number of pyridine rings is 1. The van der Waals surface area contributed by atoms with Gasteiger partial charge >= 0.3 is 0 Å². The molecule has 7 heteroatoms. The molecule has 26 heavy (non-hydrogen) atoms. The summed E-state index contributed by atoms with van der Waals surface area (Å²) in [5.74, 6) is 0.376. The van der Waals surface area contributed by atoms with E-state index < -0.39 is 5.60 Å². The fraction of sp³-hybridized carbons (Fsp3) is 0.316. The molecule has 0 aliphatic carbocycles. The highest BCUT2D eigenvalue weighted by Crippen LogP contribution is 2.30. The summed E-state index contributed by atoms with van der Waals surface area (Å²) in [6, 6.07) is 5.71. The molecule has 2 aromatic heterocycles. The molecule has 0 spiro atoms. The summed E-state index contributed by atoms with van der Waals surface area (Å²) in [4.78, 5) is 12.7. The van der Waals surface area contributed by atoms with E-state index in [4.69, 9.17) is 17.3 Å². The maximum Gasteiger partial charge on any atom is 0.159 e. The van der Waals surface area contributed by atoms with Crippen molar-refractivity contribution in [3.8, 4) is 11.1 Å². The zero-order valence-electron chi connectivity index (χ0n) is 15.4. The second-order valence-corrected chi connectivity index (χ2v) is 6.72. The third-order valence-electron chi connectivity index (χ3n) is 3.75. The minimum Gasteiger partial charge on any atom is -0.397 e. The number of nitrogens with one attached hydrogen (secondary N) is 1. The summed E-state index contributed by atoms with van der Waals surface area (Å²) >= 11 is 6.02. The molecule has 0 aliphatic rings. The van der Waals surface area contributed by atoms with Crippen LogP contribution in [0.1, 0.15) is 26.6 Å². The zero-order chi connectivity index (χ0) is 19.3.